The Balaban J connectivity index is 2.10. The van der Waals surface area contributed by atoms with Crippen LogP contribution in [0.15, 0.2) is 23.4 Å². The van der Waals surface area contributed by atoms with Gasteiger partial charge in [-0.05, 0) is 19.1 Å². The van der Waals surface area contributed by atoms with Crippen LogP contribution in [0.1, 0.15) is 6.92 Å². The van der Waals surface area contributed by atoms with Crippen LogP contribution in [0, 0.1) is 0 Å². The van der Waals surface area contributed by atoms with Crippen LogP contribution in [-0.2, 0) is 4.79 Å². The normalized spacial score (nSPS) is 12.5. The number of hydrogen-bond acceptors (Lipinski definition) is 5. The first-order valence-corrected chi connectivity index (χ1v) is 6.89. The van der Waals surface area contributed by atoms with Crippen LogP contribution in [0.4, 0.5) is 0 Å². The van der Waals surface area contributed by atoms with Gasteiger partial charge in [0.25, 0.3) is 0 Å². The second-order valence-corrected chi connectivity index (χ2v) is 4.98. The molecule has 102 valence electrons. The summed E-state index contributed by atoms with van der Waals surface area (Å²) in [7, 11) is 0. The number of primary amides is 1. The van der Waals surface area contributed by atoms with Crippen LogP contribution in [-0.4, -0.2) is 34.3 Å². The number of fused-ring (bicyclic) bond motifs is 1. The molecule has 1 unspecified atom stereocenters. The Hall–Kier alpha value is -1.73. The van der Waals surface area contributed by atoms with Crippen molar-refractivity contribution < 1.29 is 9.53 Å². The lowest BCUT2D eigenvalue weighted by molar-refractivity contribution is -0.118. The topological polar surface area (TPSA) is 107 Å². The Morgan fingerprint density at radius 2 is 2.37 bits per heavy atom. The molecule has 0 saturated carbocycles. The summed E-state index contributed by atoms with van der Waals surface area (Å²) in [6, 6.07) is 4.98. The number of ether oxygens (including phenoxy) is 1. The summed E-state index contributed by atoms with van der Waals surface area (Å²) >= 11 is 1.37. The van der Waals surface area contributed by atoms with Crippen molar-refractivity contribution in [2.75, 3.05) is 12.4 Å². The van der Waals surface area contributed by atoms with E-state index < -0.39 is 11.9 Å². The number of nitrogens with zero attached hydrogens (tertiary/aromatic N) is 1. The van der Waals surface area contributed by atoms with E-state index in [0.717, 1.165) is 16.8 Å². The second-order valence-electron chi connectivity index (χ2n) is 3.97. The predicted molar refractivity (Wildman–Crippen MR) is 75.2 cm³/mol. The predicted octanol–water partition coefficient (Wildman–Crippen LogP) is 0.866. The SMILES string of the molecule is CCOc1ccc2nc(SCC(N)C(N)=O)[nH]c2c1. The van der Waals surface area contributed by atoms with Crippen LogP contribution >= 0.6 is 11.8 Å². The van der Waals surface area contributed by atoms with Gasteiger partial charge in [-0.1, -0.05) is 11.8 Å². The molecule has 19 heavy (non-hydrogen) atoms. The lowest BCUT2D eigenvalue weighted by Gasteiger charge is -2.03. The summed E-state index contributed by atoms with van der Waals surface area (Å²) in [4.78, 5) is 18.4. The number of carbonyl (C=O) groups is 1. The highest BCUT2D eigenvalue weighted by atomic mass is 32.2. The van der Waals surface area contributed by atoms with Crippen molar-refractivity contribution in [1.82, 2.24) is 9.97 Å². The molecule has 1 aromatic carbocycles. The van der Waals surface area contributed by atoms with Gasteiger partial charge in [0.1, 0.15) is 5.75 Å². The number of imidazole rings is 1. The second kappa shape index (κ2) is 5.94. The maximum Gasteiger partial charge on any atom is 0.235 e. The quantitative estimate of drug-likeness (QED) is 0.680. The minimum absolute atomic E-state index is 0.396. The summed E-state index contributed by atoms with van der Waals surface area (Å²) in [6.07, 6.45) is 0. The number of amides is 1. The first kappa shape index (κ1) is 13.7. The summed E-state index contributed by atoms with van der Waals surface area (Å²) in [5.41, 5.74) is 12.4. The number of aromatic nitrogens is 2. The van der Waals surface area contributed by atoms with E-state index in [1.165, 1.54) is 11.8 Å². The molecule has 0 fully saturated rings. The van der Waals surface area contributed by atoms with Gasteiger partial charge in [-0.2, -0.15) is 0 Å². The van der Waals surface area contributed by atoms with Crippen LogP contribution in [0.5, 0.6) is 5.75 Å². The van der Waals surface area contributed by atoms with E-state index in [1.54, 1.807) is 0 Å². The third kappa shape index (κ3) is 3.39. The number of nitrogens with one attached hydrogen (secondary N) is 1. The zero-order valence-electron chi connectivity index (χ0n) is 10.6. The molecule has 0 spiro atoms. The first-order valence-electron chi connectivity index (χ1n) is 5.90. The zero-order valence-corrected chi connectivity index (χ0v) is 11.4. The Morgan fingerprint density at radius 3 is 3.05 bits per heavy atom. The highest BCUT2D eigenvalue weighted by Crippen LogP contribution is 2.23. The van der Waals surface area contributed by atoms with Gasteiger partial charge >= 0.3 is 0 Å². The fourth-order valence-corrected chi connectivity index (χ4v) is 2.39. The van der Waals surface area contributed by atoms with Crippen molar-refractivity contribution >= 4 is 28.7 Å². The lowest BCUT2D eigenvalue weighted by Crippen LogP contribution is -2.38. The highest BCUT2D eigenvalue weighted by molar-refractivity contribution is 7.99. The van der Waals surface area contributed by atoms with Gasteiger partial charge in [0, 0.05) is 11.8 Å². The standard InChI is InChI=1S/C12H16N4O2S/c1-2-18-7-3-4-9-10(5-7)16-12(15-9)19-6-8(13)11(14)17/h3-5,8H,2,6,13H2,1H3,(H2,14,17)(H,15,16). The van der Waals surface area contributed by atoms with Gasteiger partial charge in [0.2, 0.25) is 5.91 Å². The number of rotatable bonds is 6. The number of aromatic amines is 1. The smallest absolute Gasteiger partial charge is 0.235 e. The monoisotopic (exact) mass is 280 g/mol. The van der Waals surface area contributed by atoms with E-state index in [2.05, 4.69) is 9.97 Å². The van der Waals surface area contributed by atoms with Gasteiger partial charge in [0.15, 0.2) is 5.16 Å². The van der Waals surface area contributed by atoms with Crippen LogP contribution in [0.2, 0.25) is 0 Å². The number of carbonyl (C=O) groups excluding carboxylic acids is 1. The molecule has 0 saturated heterocycles. The van der Waals surface area contributed by atoms with E-state index in [1.807, 2.05) is 25.1 Å². The number of thioether (sulfide) groups is 1. The molecule has 0 aliphatic heterocycles. The number of hydrogen-bond donors (Lipinski definition) is 3. The number of benzene rings is 1. The number of nitrogens with two attached hydrogens (primary N) is 2. The Morgan fingerprint density at radius 1 is 1.58 bits per heavy atom. The molecular weight excluding hydrogens is 264 g/mol. The fourth-order valence-electron chi connectivity index (χ4n) is 1.54. The minimum Gasteiger partial charge on any atom is -0.494 e. The molecule has 1 amide bonds. The minimum atomic E-state index is -0.669. The van der Waals surface area contributed by atoms with E-state index in [4.69, 9.17) is 16.2 Å². The van der Waals surface area contributed by atoms with E-state index in [0.29, 0.717) is 17.5 Å². The van der Waals surface area contributed by atoms with Crippen molar-refractivity contribution in [1.29, 1.82) is 0 Å². The molecular formula is C12H16N4O2S. The van der Waals surface area contributed by atoms with E-state index in [-0.39, 0.29) is 0 Å². The Labute approximate surface area is 114 Å². The summed E-state index contributed by atoms with van der Waals surface area (Å²) in [5, 5.41) is 0.709. The molecule has 0 bridgehead atoms. The van der Waals surface area contributed by atoms with Crippen LogP contribution < -0.4 is 16.2 Å². The van der Waals surface area contributed by atoms with Crippen molar-refractivity contribution in [3.05, 3.63) is 18.2 Å². The van der Waals surface area contributed by atoms with Gasteiger partial charge in [-0.3, -0.25) is 4.79 Å². The molecule has 1 aromatic heterocycles. The summed E-state index contributed by atoms with van der Waals surface area (Å²) in [6.45, 7) is 2.55. The van der Waals surface area contributed by atoms with Gasteiger partial charge in [0.05, 0.1) is 23.7 Å². The van der Waals surface area contributed by atoms with Crippen molar-refractivity contribution in [3.63, 3.8) is 0 Å². The summed E-state index contributed by atoms with van der Waals surface area (Å²) in [5.74, 6) is 0.680. The third-order valence-electron chi connectivity index (χ3n) is 2.51. The highest BCUT2D eigenvalue weighted by Gasteiger charge is 2.11. The van der Waals surface area contributed by atoms with Crippen molar-refractivity contribution in [2.45, 2.75) is 18.1 Å². The molecule has 2 rings (SSSR count). The van der Waals surface area contributed by atoms with Gasteiger partial charge < -0.3 is 21.2 Å². The van der Waals surface area contributed by atoms with Gasteiger partial charge in [-0.25, -0.2) is 4.98 Å². The van der Waals surface area contributed by atoms with Crippen LogP contribution in [0.25, 0.3) is 11.0 Å². The lowest BCUT2D eigenvalue weighted by atomic mass is 10.3. The van der Waals surface area contributed by atoms with E-state index >= 15 is 0 Å². The molecule has 0 aliphatic carbocycles. The van der Waals surface area contributed by atoms with E-state index in [9.17, 15) is 4.79 Å². The number of H-pyrrole nitrogens is 1. The third-order valence-corrected chi connectivity index (χ3v) is 3.50. The maximum absolute atomic E-state index is 10.8. The molecule has 0 aliphatic rings. The average molecular weight is 280 g/mol. The van der Waals surface area contributed by atoms with Crippen LogP contribution in [0.3, 0.4) is 0 Å². The molecule has 7 heteroatoms. The Kier molecular flexibility index (Phi) is 4.28. The fraction of sp³-hybridized carbons (Fsp3) is 0.333. The van der Waals surface area contributed by atoms with Crippen molar-refractivity contribution in [3.8, 4) is 5.75 Å². The largest absolute Gasteiger partial charge is 0.494 e. The maximum atomic E-state index is 10.8. The first-order chi connectivity index (χ1) is 9.10. The average Bonchev–Trinajstić information content (AvgIpc) is 2.78. The molecule has 6 nitrogen and oxygen atoms in total. The van der Waals surface area contributed by atoms with Crippen molar-refractivity contribution in [2.24, 2.45) is 11.5 Å². The summed E-state index contributed by atoms with van der Waals surface area (Å²) < 4.78 is 5.42. The van der Waals surface area contributed by atoms with Gasteiger partial charge in [-0.15, -0.1) is 0 Å². The zero-order chi connectivity index (χ0) is 13.8. The molecule has 0 radical (unpaired) electrons. The molecule has 1 atom stereocenters. The molecule has 2 aromatic rings. The Bertz CT molecular complexity index is 584. The molecule has 5 N–H and O–H groups in total. The molecule has 1 heterocycles.